The summed E-state index contributed by atoms with van der Waals surface area (Å²) < 4.78 is 31.5. The van der Waals surface area contributed by atoms with Crippen molar-refractivity contribution in [2.75, 3.05) is 7.11 Å². The number of aliphatic hydroxyl groups excluding tert-OH is 1. The number of ether oxygens (including phenoxy) is 1. The van der Waals surface area contributed by atoms with E-state index in [0.717, 1.165) is 12.1 Å². The lowest BCUT2D eigenvalue weighted by molar-refractivity contribution is -0.173. The van der Waals surface area contributed by atoms with Crippen LogP contribution in [0.5, 0.6) is 5.75 Å². The van der Waals surface area contributed by atoms with Crippen molar-refractivity contribution in [3.8, 4) is 5.75 Å². The summed E-state index contributed by atoms with van der Waals surface area (Å²) in [5.41, 5.74) is -0.580. The van der Waals surface area contributed by atoms with E-state index >= 15 is 0 Å². The highest BCUT2D eigenvalue weighted by Gasteiger charge is 2.45. The molecule has 16 heavy (non-hydrogen) atoms. The van der Waals surface area contributed by atoms with Crippen LogP contribution in [0.15, 0.2) is 24.3 Å². The summed E-state index contributed by atoms with van der Waals surface area (Å²) in [5.74, 6) is -5.44. The molecule has 1 rings (SSSR count). The second kappa shape index (κ2) is 4.44. The van der Waals surface area contributed by atoms with E-state index in [0.29, 0.717) is 5.75 Å². The summed E-state index contributed by atoms with van der Waals surface area (Å²) in [4.78, 5) is 10.3. The Morgan fingerprint density at radius 3 is 2.25 bits per heavy atom. The number of aliphatic hydroxyl groups is 1. The molecule has 0 aliphatic heterocycles. The third-order valence-electron chi connectivity index (χ3n) is 2.05. The summed E-state index contributed by atoms with van der Waals surface area (Å²) >= 11 is 0. The van der Waals surface area contributed by atoms with E-state index in [1.165, 1.54) is 19.2 Å². The van der Waals surface area contributed by atoms with Gasteiger partial charge < -0.3 is 14.9 Å². The molecule has 2 N–H and O–H groups in total. The van der Waals surface area contributed by atoms with Gasteiger partial charge >= 0.3 is 11.9 Å². The fourth-order valence-corrected chi connectivity index (χ4v) is 1.13. The van der Waals surface area contributed by atoms with Crippen molar-refractivity contribution < 1.29 is 28.5 Å². The van der Waals surface area contributed by atoms with Gasteiger partial charge in [-0.1, -0.05) is 0 Å². The van der Waals surface area contributed by atoms with Crippen LogP contribution >= 0.6 is 0 Å². The molecule has 4 nitrogen and oxygen atoms in total. The first-order valence-electron chi connectivity index (χ1n) is 4.32. The van der Waals surface area contributed by atoms with E-state index < -0.39 is 23.6 Å². The van der Waals surface area contributed by atoms with Crippen LogP contribution in [0.25, 0.3) is 0 Å². The van der Waals surface area contributed by atoms with Crippen LogP contribution in [-0.2, 0) is 10.7 Å². The van der Waals surface area contributed by atoms with Crippen LogP contribution in [0.1, 0.15) is 5.56 Å². The molecule has 0 saturated carbocycles. The molecule has 0 amide bonds. The molecule has 0 bridgehead atoms. The van der Waals surface area contributed by atoms with Crippen LogP contribution in [0.4, 0.5) is 8.78 Å². The molecular formula is C10H10F2O4. The number of methoxy groups -OCH3 is 1. The molecule has 0 aliphatic rings. The van der Waals surface area contributed by atoms with Gasteiger partial charge in [0, 0.05) is 5.56 Å². The number of benzene rings is 1. The minimum atomic E-state index is -3.84. The Labute approximate surface area is 90.1 Å². The summed E-state index contributed by atoms with van der Waals surface area (Å²) in [6.07, 6.45) is -2.76. The topological polar surface area (TPSA) is 66.8 Å². The highest BCUT2D eigenvalue weighted by Crippen LogP contribution is 2.32. The molecule has 0 unspecified atom stereocenters. The largest absolute Gasteiger partial charge is 0.497 e. The summed E-state index contributed by atoms with van der Waals surface area (Å²) in [5, 5.41) is 17.2. The van der Waals surface area contributed by atoms with E-state index in [4.69, 9.17) is 14.9 Å². The molecule has 0 heterocycles. The van der Waals surface area contributed by atoms with Crippen molar-refractivity contribution >= 4 is 5.97 Å². The molecular weight excluding hydrogens is 222 g/mol. The molecule has 0 radical (unpaired) electrons. The fraction of sp³-hybridized carbons (Fsp3) is 0.300. The van der Waals surface area contributed by atoms with Gasteiger partial charge in [-0.05, 0) is 24.3 Å². The summed E-state index contributed by atoms with van der Waals surface area (Å²) in [6, 6.07) is 4.53. The van der Waals surface area contributed by atoms with Gasteiger partial charge in [-0.3, -0.25) is 0 Å². The van der Waals surface area contributed by atoms with Gasteiger partial charge in [-0.15, -0.1) is 0 Å². The van der Waals surface area contributed by atoms with Gasteiger partial charge in [-0.25, -0.2) is 4.79 Å². The van der Waals surface area contributed by atoms with Crippen LogP contribution < -0.4 is 4.74 Å². The van der Waals surface area contributed by atoms with E-state index in [2.05, 4.69) is 0 Å². The van der Waals surface area contributed by atoms with Crippen molar-refractivity contribution in [2.45, 2.75) is 12.0 Å². The second-order valence-corrected chi connectivity index (χ2v) is 3.09. The summed E-state index contributed by atoms with van der Waals surface area (Å²) in [6.45, 7) is 0. The number of carbonyl (C=O) groups is 1. The Morgan fingerprint density at radius 2 is 1.88 bits per heavy atom. The standard InChI is InChI=1S/C10H10F2O4/c1-16-7-4-2-6(3-5-7)10(11,12)8(13)9(14)15/h2-5,8,13H,1H3,(H,14,15)/t8-/m0/s1. The van der Waals surface area contributed by atoms with Gasteiger partial charge in [0.05, 0.1) is 7.11 Å². The van der Waals surface area contributed by atoms with Gasteiger partial charge in [0.1, 0.15) is 5.75 Å². The molecule has 1 aromatic rings. The highest BCUT2D eigenvalue weighted by molar-refractivity contribution is 5.73. The van der Waals surface area contributed by atoms with E-state index in [1.54, 1.807) is 0 Å². The van der Waals surface area contributed by atoms with Crippen molar-refractivity contribution in [2.24, 2.45) is 0 Å². The van der Waals surface area contributed by atoms with Crippen LogP contribution in [0.3, 0.4) is 0 Å². The average Bonchev–Trinajstić information content (AvgIpc) is 2.28. The fourth-order valence-electron chi connectivity index (χ4n) is 1.13. The highest BCUT2D eigenvalue weighted by atomic mass is 19.3. The van der Waals surface area contributed by atoms with E-state index in [-0.39, 0.29) is 0 Å². The molecule has 88 valence electrons. The molecule has 0 aliphatic carbocycles. The summed E-state index contributed by atoms with van der Waals surface area (Å²) in [7, 11) is 1.37. The van der Waals surface area contributed by atoms with Crippen molar-refractivity contribution in [1.82, 2.24) is 0 Å². The lowest BCUT2D eigenvalue weighted by atomic mass is 10.0. The van der Waals surface area contributed by atoms with Crippen LogP contribution in [0, 0.1) is 0 Å². The number of carboxylic acid groups (broad SMARTS) is 1. The first-order valence-corrected chi connectivity index (χ1v) is 4.32. The first kappa shape index (κ1) is 12.4. The van der Waals surface area contributed by atoms with Gasteiger partial charge in [0.15, 0.2) is 0 Å². The maximum atomic E-state index is 13.4. The number of rotatable bonds is 4. The number of halogens is 2. The molecule has 0 fully saturated rings. The normalized spacial score (nSPS) is 13.2. The Bertz CT molecular complexity index is 375. The molecule has 6 heteroatoms. The number of aliphatic carboxylic acids is 1. The lowest BCUT2D eigenvalue weighted by Gasteiger charge is -2.19. The Balaban J connectivity index is 3.02. The first-order chi connectivity index (χ1) is 7.39. The Hall–Kier alpha value is -1.69. The Morgan fingerprint density at radius 1 is 1.38 bits per heavy atom. The van der Waals surface area contributed by atoms with Crippen LogP contribution in [-0.4, -0.2) is 29.4 Å². The predicted molar refractivity (Wildman–Crippen MR) is 50.5 cm³/mol. The van der Waals surface area contributed by atoms with Gasteiger partial charge in [-0.2, -0.15) is 8.78 Å². The molecule has 0 aromatic heterocycles. The van der Waals surface area contributed by atoms with Crippen molar-refractivity contribution in [3.05, 3.63) is 29.8 Å². The zero-order chi connectivity index (χ0) is 12.3. The quantitative estimate of drug-likeness (QED) is 0.819. The minimum absolute atomic E-state index is 0.365. The van der Waals surface area contributed by atoms with Gasteiger partial charge in [0.25, 0.3) is 0 Å². The van der Waals surface area contributed by atoms with Gasteiger partial charge in [0.2, 0.25) is 6.10 Å². The van der Waals surface area contributed by atoms with Crippen molar-refractivity contribution in [1.29, 1.82) is 0 Å². The lowest BCUT2D eigenvalue weighted by Crippen LogP contribution is -2.37. The Kier molecular flexibility index (Phi) is 3.44. The van der Waals surface area contributed by atoms with E-state index in [1.807, 2.05) is 0 Å². The smallest absolute Gasteiger partial charge is 0.339 e. The maximum absolute atomic E-state index is 13.4. The molecule has 1 atom stereocenters. The second-order valence-electron chi connectivity index (χ2n) is 3.09. The third-order valence-corrected chi connectivity index (χ3v) is 2.05. The number of carboxylic acids is 1. The number of hydrogen-bond acceptors (Lipinski definition) is 3. The zero-order valence-electron chi connectivity index (χ0n) is 8.35. The van der Waals surface area contributed by atoms with Crippen molar-refractivity contribution in [3.63, 3.8) is 0 Å². The van der Waals surface area contributed by atoms with Crippen LogP contribution in [0.2, 0.25) is 0 Å². The predicted octanol–water partition coefficient (Wildman–Crippen LogP) is 1.23. The maximum Gasteiger partial charge on any atom is 0.339 e. The molecule has 0 saturated heterocycles. The van der Waals surface area contributed by atoms with E-state index in [9.17, 15) is 13.6 Å². The molecule has 1 aromatic carbocycles. The zero-order valence-corrected chi connectivity index (χ0v) is 8.35. The number of hydrogen-bond donors (Lipinski definition) is 2. The monoisotopic (exact) mass is 232 g/mol. The molecule has 0 spiro atoms. The SMILES string of the molecule is COc1ccc(C(F)(F)[C@@H](O)C(=O)O)cc1. The minimum Gasteiger partial charge on any atom is -0.497 e. The third kappa shape index (κ3) is 2.27. The number of alkyl halides is 2. The average molecular weight is 232 g/mol.